The normalized spacial score (nSPS) is 12.1. The van der Waals surface area contributed by atoms with E-state index in [1.165, 1.54) is 0 Å². The van der Waals surface area contributed by atoms with Crippen molar-refractivity contribution in [2.24, 2.45) is 10.9 Å². The number of aromatic nitrogens is 1. The van der Waals surface area contributed by atoms with Crippen molar-refractivity contribution in [2.45, 2.75) is 17.9 Å². The first-order valence-electron chi connectivity index (χ1n) is 3.86. The maximum Gasteiger partial charge on any atom is 0.280 e. The first kappa shape index (κ1) is 12.0. The summed E-state index contributed by atoms with van der Waals surface area (Å²) in [6, 6.07) is 1.81. The lowest BCUT2D eigenvalue weighted by molar-refractivity contribution is 0.145. The highest BCUT2D eigenvalue weighted by atomic mass is 32.2. The molecule has 0 fully saturated rings. The van der Waals surface area contributed by atoms with Crippen LogP contribution in [0.4, 0.5) is 8.78 Å². The Balaban J connectivity index is 3.36. The molecule has 15 heavy (non-hydrogen) atoms. The minimum Gasteiger partial charge on any atom is -0.325 e. The second-order valence-electron chi connectivity index (χ2n) is 2.77. The predicted octanol–water partition coefficient (Wildman–Crippen LogP) is 0.125. The topological polar surface area (TPSA) is 99.1 Å². The van der Waals surface area contributed by atoms with Crippen LogP contribution in [-0.2, 0) is 16.6 Å². The van der Waals surface area contributed by atoms with Crippen LogP contribution in [0.3, 0.4) is 0 Å². The second kappa shape index (κ2) is 4.17. The summed E-state index contributed by atoms with van der Waals surface area (Å²) in [7, 11) is -4.02. The van der Waals surface area contributed by atoms with Crippen LogP contribution in [0.5, 0.6) is 0 Å². The van der Waals surface area contributed by atoms with E-state index in [4.69, 9.17) is 10.9 Å². The summed E-state index contributed by atoms with van der Waals surface area (Å²) in [6.45, 7) is -0.136. The predicted molar refractivity (Wildman–Crippen MR) is 48.5 cm³/mol. The molecule has 0 aliphatic carbocycles. The molecule has 1 aromatic rings. The lowest BCUT2D eigenvalue weighted by atomic mass is 10.3. The summed E-state index contributed by atoms with van der Waals surface area (Å²) in [5.74, 6) is 0. The van der Waals surface area contributed by atoms with Crippen LogP contribution in [0, 0.1) is 0 Å². The molecular weight excluding hydrogens is 228 g/mol. The molecule has 0 aromatic carbocycles. The molecule has 0 saturated carbocycles. The lowest BCUT2D eigenvalue weighted by Gasteiger charge is -2.05. The minimum absolute atomic E-state index is 0.0526. The van der Waals surface area contributed by atoms with E-state index in [9.17, 15) is 17.2 Å². The third kappa shape index (κ3) is 2.91. The molecule has 0 aliphatic rings. The maximum atomic E-state index is 12.3. The zero-order valence-corrected chi connectivity index (χ0v) is 8.34. The van der Waals surface area contributed by atoms with Crippen LogP contribution in [0.25, 0.3) is 0 Å². The van der Waals surface area contributed by atoms with Crippen molar-refractivity contribution in [3.63, 3.8) is 0 Å². The Morgan fingerprint density at radius 2 is 2.00 bits per heavy atom. The van der Waals surface area contributed by atoms with Gasteiger partial charge in [0.1, 0.15) is 5.69 Å². The Hall–Kier alpha value is -1.12. The molecule has 4 N–H and O–H groups in total. The Morgan fingerprint density at radius 3 is 2.40 bits per heavy atom. The number of nitrogens with zero attached hydrogens (tertiary/aromatic N) is 1. The van der Waals surface area contributed by atoms with Crippen molar-refractivity contribution in [1.29, 1.82) is 0 Å². The molecule has 0 radical (unpaired) electrons. The van der Waals surface area contributed by atoms with Gasteiger partial charge < -0.3 is 5.73 Å². The van der Waals surface area contributed by atoms with Gasteiger partial charge in [0.15, 0.2) is 0 Å². The number of pyridine rings is 1. The quantitative estimate of drug-likeness (QED) is 0.780. The fourth-order valence-corrected chi connectivity index (χ4v) is 1.55. The van der Waals surface area contributed by atoms with Crippen molar-refractivity contribution in [1.82, 2.24) is 4.98 Å². The summed E-state index contributed by atoms with van der Waals surface area (Å²) in [6.07, 6.45) is -2.86. The van der Waals surface area contributed by atoms with Gasteiger partial charge in [-0.15, -0.1) is 0 Å². The monoisotopic (exact) mass is 237 g/mol. The van der Waals surface area contributed by atoms with Crippen LogP contribution in [0.1, 0.15) is 17.8 Å². The van der Waals surface area contributed by atoms with Gasteiger partial charge in [0.05, 0.1) is 10.6 Å². The van der Waals surface area contributed by atoms with Crippen molar-refractivity contribution in [3.05, 3.63) is 23.5 Å². The Labute approximate surface area is 85.2 Å². The number of halogens is 2. The molecule has 1 aromatic heterocycles. The Bertz CT molecular complexity index is 461. The van der Waals surface area contributed by atoms with Gasteiger partial charge in [-0.3, -0.25) is 4.98 Å². The minimum atomic E-state index is -4.02. The van der Waals surface area contributed by atoms with Gasteiger partial charge in [0.2, 0.25) is 10.0 Å². The van der Waals surface area contributed by atoms with E-state index in [1.54, 1.807) is 0 Å². The number of hydrogen-bond donors (Lipinski definition) is 2. The van der Waals surface area contributed by atoms with E-state index in [2.05, 4.69) is 4.98 Å². The largest absolute Gasteiger partial charge is 0.325 e. The molecule has 8 heteroatoms. The summed E-state index contributed by atoms with van der Waals surface area (Å²) in [5.41, 5.74) is 4.59. The van der Waals surface area contributed by atoms with Crippen molar-refractivity contribution in [2.75, 3.05) is 0 Å². The van der Waals surface area contributed by atoms with E-state index >= 15 is 0 Å². The molecule has 1 heterocycles. The Morgan fingerprint density at radius 1 is 1.40 bits per heavy atom. The van der Waals surface area contributed by atoms with Gasteiger partial charge in [0.25, 0.3) is 6.43 Å². The molecule has 0 saturated heterocycles. The van der Waals surface area contributed by atoms with Crippen LogP contribution in [0.2, 0.25) is 0 Å². The van der Waals surface area contributed by atoms with Gasteiger partial charge in [-0.1, -0.05) is 0 Å². The maximum absolute atomic E-state index is 12.3. The molecule has 0 atom stereocenters. The van der Waals surface area contributed by atoms with E-state index in [1.807, 2.05) is 0 Å². The van der Waals surface area contributed by atoms with E-state index in [0.717, 1.165) is 12.1 Å². The average molecular weight is 237 g/mol. The molecule has 84 valence electrons. The van der Waals surface area contributed by atoms with Crippen LogP contribution >= 0.6 is 0 Å². The van der Waals surface area contributed by atoms with Gasteiger partial charge in [-0.2, -0.15) is 0 Å². The molecule has 0 unspecified atom stereocenters. The zero-order chi connectivity index (χ0) is 11.6. The van der Waals surface area contributed by atoms with Crippen molar-refractivity contribution < 1.29 is 17.2 Å². The third-order valence-corrected chi connectivity index (χ3v) is 2.53. The molecule has 1 rings (SSSR count). The van der Waals surface area contributed by atoms with Crippen LogP contribution in [0.15, 0.2) is 17.0 Å². The number of hydrogen-bond acceptors (Lipinski definition) is 4. The summed E-state index contributed by atoms with van der Waals surface area (Å²) >= 11 is 0. The summed E-state index contributed by atoms with van der Waals surface area (Å²) in [5, 5.41) is 4.81. The van der Waals surface area contributed by atoms with Crippen LogP contribution < -0.4 is 10.9 Å². The SMILES string of the molecule is NCc1cc(S(N)(=O)=O)cc(C(F)F)n1. The second-order valence-corrected chi connectivity index (χ2v) is 4.33. The van der Waals surface area contributed by atoms with Gasteiger partial charge in [-0.25, -0.2) is 22.3 Å². The molecule has 0 bridgehead atoms. The van der Waals surface area contributed by atoms with Crippen molar-refractivity contribution in [3.8, 4) is 0 Å². The average Bonchev–Trinajstić information content (AvgIpc) is 2.15. The highest BCUT2D eigenvalue weighted by Crippen LogP contribution is 2.20. The molecule has 0 spiro atoms. The fourth-order valence-electron chi connectivity index (χ4n) is 0.963. The number of primary sulfonamides is 1. The van der Waals surface area contributed by atoms with Gasteiger partial charge in [0, 0.05) is 6.54 Å². The van der Waals surface area contributed by atoms with Crippen LogP contribution in [-0.4, -0.2) is 13.4 Å². The standard InChI is InChI=1S/C7H9F2N3O2S/c8-7(9)6-2-5(15(11,13)14)1-4(3-10)12-6/h1-2,7H,3,10H2,(H2,11,13,14). The van der Waals surface area contributed by atoms with Gasteiger partial charge in [-0.05, 0) is 12.1 Å². The number of rotatable bonds is 3. The first-order valence-corrected chi connectivity index (χ1v) is 5.41. The Kier molecular flexibility index (Phi) is 3.32. The fraction of sp³-hybridized carbons (Fsp3) is 0.286. The number of sulfonamides is 1. The zero-order valence-electron chi connectivity index (χ0n) is 7.52. The van der Waals surface area contributed by atoms with Crippen molar-refractivity contribution >= 4 is 10.0 Å². The van der Waals surface area contributed by atoms with Gasteiger partial charge >= 0.3 is 0 Å². The smallest absolute Gasteiger partial charge is 0.280 e. The van der Waals surface area contributed by atoms with E-state index < -0.39 is 27.0 Å². The molecular formula is C7H9F2N3O2S. The number of alkyl halides is 2. The molecule has 5 nitrogen and oxygen atoms in total. The number of nitrogens with two attached hydrogens (primary N) is 2. The third-order valence-electron chi connectivity index (χ3n) is 1.63. The lowest BCUT2D eigenvalue weighted by Crippen LogP contribution is -2.14. The molecule has 0 amide bonds. The first-order chi connectivity index (χ1) is 6.84. The molecule has 0 aliphatic heterocycles. The summed E-state index contributed by atoms with van der Waals surface area (Å²) in [4.78, 5) is 3.06. The van der Waals surface area contributed by atoms with E-state index in [-0.39, 0.29) is 12.2 Å². The highest BCUT2D eigenvalue weighted by molar-refractivity contribution is 7.89. The van der Waals surface area contributed by atoms with E-state index in [0.29, 0.717) is 0 Å². The summed E-state index contributed by atoms with van der Waals surface area (Å²) < 4.78 is 46.5. The highest BCUT2D eigenvalue weighted by Gasteiger charge is 2.16.